The number of aliphatic hydroxyl groups is 1. The first-order chi connectivity index (χ1) is 23.3. The third-order valence-corrected chi connectivity index (χ3v) is 7.70. The molecular weight excluding hydrogens is 658 g/mol. The molecule has 3 aromatic carbocycles. The van der Waals surface area contributed by atoms with E-state index in [1.807, 2.05) is 6.07 Å². The summed E-state index contributed by atoms with van der Waals surface area (Å²) in [4.78, 5) is 64.3. The summed E-state index contributed by atoms with van der Waals surface area (Å²) in [6, 6.07) is 11.9. The lowest BCUT2D eigenvalue weighted by Crippen LogP contribution is -2.60. The first-order valence-corrected chi connectivity index (χ1v) is 14.9. The fourth-order valence-electron chi connectivity index (χ4n) is 4.91. The quantitative estimate of drug-likeness (QED) is 0.0853. The number of carboxylic acid groups (broad SMARTS) is 1. The number of carboxylic acids is 1. The Labute approximate surface area is 276 Å². The predicted octanol–water partition coefficient (Wildman–Crippen LogP) is 3.62. The summed E-state index contributed by atoms with van der Waals surface area (Å²) in [7, 11) is 0. The molecule has 0 bridgehead atoms. The molecule has 1 aliphatic rings. The van der Waals surface area contributed by atoms with Crippen molar-refractivity contribution in [3.05, 3.63) is 83.9 Å². The Kier molecular flexibility index (Phi) is 11.9. The number of aliphatic carboxylic acids is 1. The van der Waals surface area contributed by atoms with Crippen molar-refractivity contribution in [2.45, 2.75) is 44.2 Å². The Hall–Kier alpha value is -5.51. The monoisotopic (exact) mass is 689 g/mol. The van der Waals surface area contributed by atoms with E-state index in [0.29, 0.717) is 23.6 Å². The second kappa shape index (κ2) is 16.1. The van der Waals surface area contributed by atoms with Crippen molar-refractivity contribution < 1.29 is 61.2 Å². The molecule has 0 spiro atoms. The minimum Gasteiger partial charge on any atom is -0.481 e. The summed E-state index contributed by atoms with van der Waals surface area (Å²) in [5.41, 5.74) is -1.55. The molecule has 1 saturated carbocycles. The van der Waals surface area contributed by atoms with Crippen LogP contribution in [0.4, 0.5) is 23.2 Å². The van der Waals surface area contributed by atoms with Crippen LogP contribution in [0.2, 0.25) is 0 Å². The van der Waals surface area contributed by atoms with Crippen LogP contribution < -0.4 is 25.4 Å². The Morgan fingerprint density at radius 1 is 0.816 bits per heavy atom. The fraction of sp³-hybridized carbons (Fsp3) is 0.303. The van der Waals surface area contributed by atoms with Gasteiger partial charge in [-0.3, -0.25) is 24.0 Å². The number of benzene rings is 3. The summed E-state index contributed by atoms with van der Waals surface area (Å²) in [6.45, 7) is -1.83. The van der Waals surface area contributed by atoms with Crippen LogP contribution >= 0.6 is 0 Å². The Morgan fingerprint density at radius 2 is 1.43 bits per heavy atom. The Bertz CT molecular complexity index is 1690. The number of anilines is 1. The summed E-state index contributed by atoms with van der Waals surface area (Å²) in [6.07, 6.45) is -1.03. The van der Waals surface area contributed by atoms with Crippen LogP contribution in [-0.2, 0) is 24.0 Å². The van der Waals surface area contributed by atoms with Crippen molar-refractivity contribution in [3.8, 4) is 17.2 Å². The molecule has 260 valence electrons. The maximum Gasteiger partial charge on any atom is 0.305 e. The van der Waals surface area contributed by atoms with Crippen LogP contribution in [0.5, 0.6) is 17.2 Å². The summed E-state index contributed by atoms with van der Waals surface area (Å²) < 4.78 is 65.4. The van der Waals surface area contributed by atoms with Gasteiger partial charge < -0.3 is 35.6 Å². The SMILES string of the molecule is O=C(O)CC(NC(=O)C1(C(=O)NC(CCO)C(=O)Nc2cccc(Oc3ccccc3)c2)CCC1)C(=O)COc1c(F)c(F)cc(F)c1F. The number of hydrogen-bond acceptors (Lipinski definition) is 8. The van der Waals surface area contributed by atoms with Gasteiger partial charge in [0.15, 0.2) is 23.2 Å². The van der Waals surface area contributed by atoms with E-state index in [1.165, 1.54) is 6.07 Å². The van der Waals surface area contributed by atoms with Gasteiger partial charge in [0.25, 0.3) is 0 Å². The van der Waals surface area contributed by atoms with Gasteiger partial charge in [0.2, 0.25) is 29.4 Å². The van der Waals surface area contributed by atoms with E-state index < -0.39 is 95.6 Å². The first kappa shape index (κ1) is 36.3. The van der Waals surface area contributed by atoms with Crippen molar-refractivity contribution in [3.63, 3.8) is 0 Å². The number of aliphatic hydroxyl groups excluding tert-OH is 1. The summed E-state index contributed by atoms with van der Waals surface area (Å²) in [5.74, 6) is -13.7. The van der Waals surface area contributed by atoms with Crippen LogP contribution in [0, 0.1) is 28.7 Å². The van der Waals surface area contributed by atoms with E-state index in [-0.39, 0.29) is 25.3 Å². The van der Waals surface area contributed by atoms with Crippen LogP contribution in [0.3, 0.4) is 0 Å². The molecule has 1 aliphatic carbocycles. The second-order valence-corrected chi connectivity index (χ2v) is 11.1. The number of para-hydroxylation sites is 1. The molecule has 2 atom stereocenters. The average Bonchev–Trinajstić information content (AvgIpc) is 3.03. The fourth-order valence-corrected chi connectivity index (χ4v) is 4.91. The van der Waals surface area contributed by atoms with Gasteiger partial charge >= 0.3 is 5.97 Å². The zero-order valence-electron chi connectivity index (χ0n) is 25.6. The number of ether oxygens (including phenoxy) is 2. The van der Waals surface area contributed by atoms with Crippen molar-refractivity contribution in [2.75, 3.05) is 18.5 Å². The second-order valence-electron chi connectivity index (χ2n) is 11.1. The molecule has 0 aromatic heterocycles. The van der Waals surface area contributed by atoms with E-state index in [9.17, 15) is 51.7 Å². The number of nitrogens with one attached hydrogen (secondary N) is 3. The Balaban J connectivity index is 1.43. The van der Waals surface area contributed by atoms with Crippen molar-refractivity contribution in [1.29, 1.82) is 0 Å². The zero-order chi connectivity index (χ0) is 35.7. The number of hydrogen-bond donors (Lipinski definition) is 5. The van der Waals surface area contributed by atoms with Crippen LogP contribution in [0.15, 0.2) is 60.7 Å². The topological polar surface area (TPSA) is 180 Å². The van der Waals surface area contributed by atoms with E-state index in [4.69, 9.17) is 4.74 Å². The van der Waals surface area contributed by atoms with E-state index in [1.54, 1.807) is 42.5 Å². The van der Waals surface area contributed by atoms with Gasteiger partial charge in [-0.15, -0.1) is 0 Å². The van der Waals surface area contributed by atoms with Gasteiger partial charge in [-0.2, -0.15) is 8.78 Å². The molecule has 3 aromatic rings. The molecule has 5 N–H and O–H groups in total. The van der Waals surface area contributed by atoms with Crippen molar-refractivity contribution in [1.82, 2.24) is 10.6 Å². The van der Waals surface area contributed by atoms with Crippen LogP contribution in [0.1, 0.15) is 32.1 Å². The van der Waals surface area contributed by atoms with Gasteiger partial charge in [0.1, 0.15) is 35.6 Å². The lowest BCUT2D eigenvalue weighted by atomic mass is 9.67. The van der Waals surface area contributed by atoms with E-state index in [2.05, 4.69) is 20.7 Å². The molecular formula is C33H31F4N3O9. The maximum atomic E-state index is 14.0. The minimum atomic E-state index is -1.94. The lowest BCUT2D eigenvalue weighted by Gasteiger charge is -2.40. The zero-order valence-corrected chi connectivity index (χ0v) is 25.6. The molecule has 1 fully saturated rings. The number of Topliss-reactive ketones (excluding diaryl/α,β-unsaturated/α-hetero) is 1. The molecule has 3 amide bonds. The molecule has 0 saturated heterocycles. The number of amides is 3. The Morgan fingerprint density at radius 3 is 2.00 bits per heavy atom. The highest BCUT2D eigenvalue weighted by Crippen LogP contribution is 2.42. The summed E-state index contributed by atoms with van der Waals surface area (Å²) >= 11 is 0. The highest BCUT2D eigenvalue weighted by Gasteiger charge is 2.52. The van der Waals surface area contributed by atoms with Gasteiger partial charge in [-0.1, -0.05) is 30.7 Å². The van der Waals surface area contributed by atoms with Gasteiger partial charge in [-0.05, 0) is 43.5 Å². The molecule has 16 heteroatoms. The number of ketones is 1. The molecule has 4 rings (SSSR count). The number of carbonyl (C=O) groups is 5. The summed E-state index contributed by atoms with van der Waals surface area (Å²) in [5, 5.41) is 26.1. The normalized spacial score (nSPS) is 14.4. The van der Waals surface area contributed by atoms with Crippen LogP contribution in [-0.4, -0.2) is 65.0 Å². The van der Waals surface area contributed by atoms with E-state index in [0.717, 1.165) is 0 Å². The highest BCUT2D eigenvalue weighted by molar-refractivity contribution is 6.09. The highest BCUT2D eigenvalue weighted by atomic mass is 19.2. The third-order valence-electron chi connectivity index (χ3n) is 7.70. The largest absolute Gasteiger partial charge is 0.481 e. The molecule has 0 aliphatic heterocycles. The number of halogens is 4. The molecule has 2 unspecified atom stereocenters. The molecule has 0 radical (unpaired) electrons. The molecule has 0 heterocycles. The molecule has 12 nitrogen and oxygen atoms in total. The lowest BCUT2D eigenvalue weighted by molar-refractivity contribution is -0.152. The number of carbonyl (C=O) groups excluding carboxylic acids is 4. The first-order valence-electron chi connectivity index (χ1n) is 14.9. The van der Waals surface area contributed by atoms with Crippen molar-refractivity contribution in [2.24, 2.45) is 5.41 Å². The predicted molar refractivity (Wildman–Crippen MR) is 162 cm³/mol. The average molecular weight is 690 g/mol. The minimum absolute atomic E-state index is 0.0551. The van der Waals surface area contributed by atoms with E-state index >= 15 is 0 Å². The maximum absolute atomic E-state index is 14.0. The smallest absolute Gasteiger partial charge is 0.305 e. The molecule has 49 heavy (non-hydrogen) atoms. The van der Waals surface area contributed by atoms with Gasteiger partial charge in [-0.25, -0.2) is 8.78 Å². The number of rotatable bonds is 16. The van der Waals surface area contributed by atoms with Crippen LogP contribution in [0.25, 0.3) is 0 Å². The standard InChI is InChI=1S/C33H31F4N3O9/c34-21-15-22(35)28(37)29(27(21)36)48-17-25(42)24(16-26(43)44)40-32(47)33(11-5-12-33)31(46)39-23(10-13-41)30(45)38-18-6-4-9-20(14-18)49-19-7-2-1-3-8-19/h1-4,6-9,14-15,23-24,41H,5,10-13,16-17H2,(H,38,45)(H,39,46)(H,40,47)(H,43,44). The third kappa shape index (κ3) is 8.90. The van der Waals surface area contributed by atoms with Gasteiger partial charge in [0, 0.05) is 24.4 Å². The van der Waals surface area contributed by atoms with Crippen molar-refractivity contribution >= 4 is 35.2 Å². The van der Waals surface area contributed by atoms with Gasteiger partial charge in [0.05, 0.1) is 6.42 Å².